The minimum absolute atomic E-state index is 0. The van der Waals surface area contributed by atoms with Gasteiger partial charge in [0.25, 0.3) is 0 Å². The Balaban J connectivity index is 0.00000256. The van der Waals surface area contributed by atoms with E-state index < -0.39 is 0 Å². The Hall–Kier alpha value is -2.55. The van der Waals surface area contributed by atoms with Crippen molar-refractivity contribution in [3.05, 3.63) is 78.6 Å². The van der Waals surface area contributed by atoms with Gasteiger partial charge in [-0.25, -0.2) is 9.67 Å². The summed E-state index contributed by atoms with van der Waals surface area (Å²) in [4.78, 5) is 7.17. The number of hydrogen-bond acceptors (Lipinski definition) is 3. The maximum Gasteiger partial charge on any atom is 0.191 e. The van der Waals surface area contributed by atoms with Crippen LogP contribution in [0.15, 0.2) is 77.9 Å². The van der Waals surface area contributed by atoms with Gasteiger partial charge in [0.05, 0.1) is 17.9 Å². The Bertz CT molecular complexity index is 925. The van der Waals surface area contributed by atoms with E-state index in [1.54, 1.807) is 0 Å². The Morgan fingerprint density at radius 1 is 1.03 bits per heavy atom. The minimum Gasteiger partial charge on any atom is -0.369 e. The zero-order chi connectivity index (χ0) is 19.9. The van der Waals surface area contributed by atoms with Crippen LogP contribution < -0.4 is 15.5 Å². The maximum absolute atomic E-state index is 4.75. The molecular weight excluding hydrogens is 487 g/mol. The standard InChI is InChI=1S/C23H28N6.HI/c1-2-24-23(26-20-13-15-28(18-20)21-9-5-3-6-10-21)25-17-19-14-16-29(27-19)22-11-7-4-8-12-22;/h3-12,14,16,20H,2,13,15,17-18H2,1H3,(H2,24,25,26);1H. The molecule has 1 atom stereocenters. The van der Waals surface area contributed by atoms with E-state index in [9.17, 15) is 0 Å². The van der Waals surface area contributed by atoms with Crippen LogP contribution in [0.2, 0.25) is 0 Å². The first-order chi connectivity index (χ1) is 14.3. The molecule has 0 saturated carbocycles. The lowest BCUT2D eigenvalue weighted by Gasteiger charge is -2.20. The lowest BCUT2D eigenvalue weighted by molar-refractivity contribution is 0.648. The van der Waals surface area contributed by atoms with E-state index in [4.69, 9.17) is 4.99 Å². The number of aromatic nitrogens is 2. The average molecular weight is 516 g/mol. The van der Waals surface area contributed by atoms with Gasteiger partial charge >= 0.3 is 0 Å². The molecule has 1 saturated heterocycles. The second-order valence-electron chi connectivity index (χ2n) is 7.19. The zero-order valence-corrected chi connectivity index (χ0v) is 19.6. The number of halogens is 1. The minimum atomic E-state index is 0. The summed E-state index contributed by atoms with van der Waals surface area (Å²) in [6, 6.07) is 23.1. The topological polar surface area (TPSA) is 57.5 Å². The summed E-state index contributed by atoms with van der Waals surface area (Å²) in [5.74, 6) is 0.849. The first-order valence-corrected chi connectivity index (χ1v) is 10.3. The molecule has 2 N–H and O–H groups in total. The summed E-state index contributed by atoms with van der Waals surface area (Å²) in [6.45, 7) is 5.51. The van der Waals surface area contributed by atoms with Crippen LogP contribution in [-0.4, -0.2) is 41.4 Å². The van der Waals surface area contributed by atoms with Crippen LogP contribution in [0.5, 0.6) is 0 Å². The third-order valence-electron chi connectivity index (χ3n) is 5.06. The Morgan fingerprint density at radius 3 is 2.43 bits per heavy atom. The summed E-state index contributed by atoms with van der Waals surface area (Å²) in [5.41, 5.74) is 3.29. The van der Waals surface area contributed by atoms with Gasteiger partial charge in [0, 0.05) is 37.6 Å². The number of nitrogens with zero attached hydrogens (tertiary/aromatic N) is 4. The summed E-state index contributed by atoms with van der Waals surface area (Å²) in [6.07, 6.45) is 3.08. The first-order valence-electron chi connectivity index (χ1n) is 10.3. The molecule has 6 nitrogen and oxygen atoms in total. The maximum atomic E-state index is 4.75. The molecule has 7 heteroatoms. The largest absolute Gasteiger partial charge is 0.369 e. The van der Waals surface area contributed by atoms with Crippen molar-refractivity contribution < 1.29 is 0 Å². The van der Waals surface area contributed by atoms with Crippen LogP contribution in [0.3, 0.4) is 0 Å². The Morgan fingerprint density at radius 2 is 1.73 bits per heavy atom. The number of rotatable bonds is 6. The van der Waals surface area contributed by atoms with Gasteiger partial charge in [0.2, 0.25) is 0 Å². The smallest absolute Gasteiger partial charge is 0.191 e. The lowest BCUT2D eigenvalue weighted by atomic mass is 10.3. The van der Waals surface area contributed by atoms with Gasteiger partial charge < -0.3 is 15.5 Å². The molecule has 30 heavy (non-hydrogen) atoms. The van der Waals surface area contributed by atoms with Crippen molar-refractivity contribution >= 4 is 35.6 Å². The summed E-state index contributed by atoms with van der Waals surface area (Å²) < 4.78 is 1.89. The number of aliphatic imine (C=N–C) groups is 1. The van der Waals surface area contributed by atoms with Gasteiger partial charge in [0.1, 0.15) is 0 Å². The van der Waals surface area contributed by atoms with Gasteiger partial charge in [-0.15, -0.1) is 24.0 Å². The predicted molar refractivity (Wildman–Crippen MR) is 134 cm³/mol. The SMILES string of the molecule is CCNC(=NCc1ccn(-c2ccccc2)n1)NC1CCN(c2ccccc2)C1.I. The van der Waals surface area contributed by atoms with Crippen molar-refractivity contribution in [3.63, 3.8) is 0 Å². The summed E-state index contributed by atoms with van der Waals surface area (Å²) >= 11 is 0. The van der Waals surface area contributed by atoms with Gasteiger partial charge in [-0.05, 0) is 43.7 Å². The van der Waals surface area contributed by atoms with E-state index in [2.05, 4.69) is 57.9 Å². The van der Waals surface area contributed by atoms with E-state index >= 15 is 0 Å². The number of guanidine groups is 1. The highest BCUT2D eigenvalue weighted by molar-refractivity contribution is 14.0. The molecular formula is C23H29IN6. The summed E-state index contributed by atoms with van der Waals surface area (Å²) in [7, 11) is 0. The molecule has 1 fully saturated rings. The Kier molecular flexibility index (Phi) is 8.12. The number of anilines is 1. The van der Waals surface area contributed by atoms with Crippen LogP contribution in [0.25, 0.3) is 5.69 Å². The molecule has 1 aliphatic rings. The molecule has 0 radical (unpaired) electrons. The monoisotopic (exact) mass is 516 g/mol. The third kappa shape index (κ3) is 5.75. The van der Waals surface area contributed by atoms with Gasteiger partial charge in [-0.2, -0.15) is 5.10 Å². The number of nitrogens with one attached hydrogen (secondary N) is 2. The number of hydrogen-bond donors (Lipinski definition) is 2. The molecule has 2 heterocycles. The first kappa shape index (κ1) is 22.1. The summed E-state index contributed by atoms with van der Waals surface area (Å²) in [5, 5.41) is 11.6. The van der Waals surface area contributed by atoms with E-state index in [0.29, 0.717) is 12.6 Å². The fraction of sp³-hybridized carbons (Fsp3) is 0.304. The van der Waals surface area contributed by atoms with Crippen molar-refractivity contribution in [1.29, 1.82) is 0 Å². The molecule has 0 aliphatic carbocycles. The van der Waals surface area contributed by atoms with Crippen LogP contribution in [-0.2, 0) is 6.54 Å². The van der Waals surface area contributed by atoms with Gasteiger partial charge in [-0.3, -0.25) is 0 Å². The lowest BCUT2D eigenvalue weighted by Crippen LogP contribution is -2.44. The molecule has 0 bridgehead atoms. The molecule has 0 spiro atoms. The molecule has 3 aromatic rings. The van der Waals surface area contributed by atoms with Gasteiger partial charge in [-0.1, -0.05) is 36.4 Å². The van der Waals surface area contributed by atoms with Crippen molar-refractivity contribution in [2.45, 2.75) is 25.9 Å². The normalized spacial score (nSPS) is 16.2. The second kappa shape index (κ2) is 11.0. The molecule has 1 aliphatic heterocycles. The van der Waals surface area contributed by atoms with Gasteiger partial charge in [0.15, 0.2) is 5.96 Å². The third-order valence-corrected chi connectivity index (χ3v) is 5.06. The molecule has 2 aromatic carbocycles. The molecule has 158 valence electrons. The number of benzene rings is 2. The Labute approximate surface area is 195 Å². The molecule has 1 unspecified atom stereocenters. The predicted octanol–water partition coefficient (Wildman–Crippen LogP) is 3.82. The fourth-order valence-corrected chi connectivity index (χ4v) is 3.60. The van der Waals surface area contributed by atoms with Crippen LogP contribution in [0.4, 0.5) is 5.69 Å². The van der Waals surface area contributed by atoms with Crippen molar-refractivity contribution in [1.82, 2.24) is 20.4 Å². The molecule has 0 amide bonds. The highest BCUT2D eigenvalue weighted by atomic mass is 127. The molecule has 4 rings (SSSR count). The van der Waals surface area contributed by atoms with Crippen LogP contribution in [0.1, 0.15) is 19.0 Å². The molecule has 1 aromatic heterocycles. The van der Waals surface area contributed by atoms with E-state index in [-0.39, 0.29) is 24.0 Å². The zero-order valence-electron chi connectivity index (χ0n) is 17.2. The van der Waals surface area contributed by atoms with E-state index in [1.807, 2.05) is 47.3 Å². The quantitative estimate of drug-likeness (QED) is 0.297. The van der Waals surface area contributed by atoms with E-state index in [1.165, 1.54) is 5.69 Å². The highest BCUT2D eigenvalue weighted by Gasteiger charge is 2.23. The van der Waals surface area contributed by atoms with E-state index in [0.717, 1.165) is 43.4 Å². The number of para-hydroxylation sites is 2. The average Bonchev–Trinajstić information content (AvgIpc) is 3.43. The van der Waals surface area contributed by atoms with Crippen molar-refractivity contribution in [2.24, 2.45) is 4.99 Å². The fourth-order valence-electron chi connectivity index (χ4n) is 3.60. The van der Waals surface area contributed by atoms with Crippen molar-refractivity contribution in [2.75, 3.05) is 24.5 Å². The highest BCUT2D eigenvalue weighted by Crippen LogP contribution is 2.19. The van der Waals surface area contributed by atoms with Crippen LogP contribution in [0, 0.1) is 0 Å². The van der Waals surface area contributed by atoms with Crippen molar-refractivity contribution in [3.8, 4) is 5.69 Å². The van der Waals surface area contributed by atoms with Crippen LogP contribution >= 0.6 is 24.0 Å². The second-order valence-corrected chi connectivity index (χ2v) is 7.19.